The molecule has 0 heterocycles. The van der Waals surface area contributed by atoms with Gasteiger partial charge in [-0.3, -0.25) is 4.79 Å². The summed E-state index contributed by atoms with van der Waals surface area (Å²) in [7, 11) is 9.53. The molecule has 0 aliphatic rings. The summed E-state index contributed by atoms with van der Waals surface area (Å²) in [6, 6.07) is 0.245. The molecule has 15 heavy (non-hydrogen) atoms. The topological polar surface area (TPSA) is 50.4 Å². The fourth-order valence-corrected chi connectivity index (χ4v) is 2.57. The lowest BCUT2D eigenvalue weighted by Gasteiger charge is -2.17. The Morgan fingerprint density at radius 1 is 1.60 bits per heavy atom. The third-order valence-corrected chi connectivity index (χ3v) is 3.96. The van der Waals surface area contributed by atoms with Crippen molar-refractivity contribution in [2.45, 2.75) is 18.9 Å². The van der Waals surface area contributed by atoms with E-state index in [1.54, 1.807) is 0 Å². The molecule has 0 saturated carbocycles. The summed E-state index contributed by atoms with van der Waals surface area (Å²) in [6.45, 7) is 0.644. The summed E-state index contributed by atoms with van der Waals surface area (Å²) >= 11 is 0. The lowest BCUT2D eigenvalue weighted by Crippen LogP contribution is -2.31. The highest BCUT2D eigenvalue weighted by Crippen LogP contribution is 2.53. The number of hydrogen-bond donors (Lipinski definition) is 2. The number of rotatable bonds is 8. The van der Waals surface area contributed by atoms with E-state index in [-0.39, 0.29) is 11.9 Å². The van der Waals surface area contributed by atoms with Crippen LogP contribution in [0, 0.1) is 0 Å². The standard InChI is InChI=1S/C6H19N2O2P5/c1-7-5(4-10-15(12)13)2-3-6(9)8-14-11/h5,7,14H,2-4,11-13H2,1H3,(H,8,9). The molecule has 2 N–H and O–H groups in total. The van der Waals surface area contributed by atoms with E-state index in [1.165, 1.54) is 0 Å². The second-order valence-electron chi connectivity index (χ2n) is 2.87. The highest BCUT2D eigenvalue weighted by Gasteiger charge is 2.10. The Labute approximate surface area is 101 Å². The molecule has 5 atom stereocenters. The second kappa shape index (κ2) is 10.7. The van der Waals surface area contributed by atoms with Crippen molar-refractivity contribution in [2.75, 3.05) is 13.7 Å². The molecule has 0 aromatic carbocycles. The predicted molar refractivity (Wildman–Crippen MR) is 80.5 cm³/mol. The van der Waals surface area contributed by atoms with Crippen LogP contribution in [0.25, 0.3) is 0 Å². The summed E-state index contributed by atoms with van der Waals surface area (Å²) in [6.07, 6.45) is 1.35. The summed E-state index contributed by atoms with van der Waals surface area (Å²) < 4.78 is 5.48. The first-order valence-corrected chi connectivity index (χ1v) is 11.7. The van der Waals surface area contributed by atoms with E-state index in [9.17, 15) is 4.79 Å². The van der Waals surface area contributed by atoms with Gasteiger partial charge in [0.1, 0.15) is 0 Å². The van der Waals surface area contributed by atoms with Crippen molar-refractivity contribution in [3.63, 3.8) is 0 Å². The molecule has 4 nitrogen and oxygen atoms in total. The number of carbonyl (C=O) groups excluding carboxylic acids is 1. The van der Waals surface area contributed by atoms with E-state index in [0.717, 1.165) is 6.42 Å². The van der Waals surface area contributed by atoms with Crippen LogP contribution < -0.4 is 10.4 Å². The molecule has 0 bridgehead atoms. The zero-order chi connectivity index (χ0) is 11.7. The van der Waals surface area contributed by atoms with Crippen LogP contribution in [0.4, 0.5) is 0 Å². The third-order valence-electron chi connectivity index (χ3n) is 1.76. The lowest BCUT2D eigenvalue weighted by atomic mass is 10.1. The van der Waals surface area contributed by atoms with Gasteiger partial charge in [0.15, 0.2) is 0 Å². The molecule has 0 aliphatic heterocycles. The Hall–Kier alpha value is 1.54. The summed E-state index contributed by atoms with van der Waals surface area (Å²) in [5.41, 5.74) is 0. The van der Waals surface area contributed by atoms with Gasteiger partial charge in [-0.25, -0.2) is 0 Å². The molecular formula is C6H19N2O2P5. The molecule has 0 spiro atoms. The zero-order valence-corrected chi connectivity index (χ0v) is 14.1. The Balaban J connectivity index is 3.65. The van der Waals surface area contributed by atoms with Crippen molar-refractivity contribution in [3.05, 3.63) is 0 Å². The summed E-state index contributed by atoms with van der Waals surface area (Å²) in [5, 5.41) is 5.91. The number of likely N-dealkylation sites (N-methyl/N-ethyl adjacent to an activating group) is 1. The lowest BCUT2D eigenvalue weighted by molar-refractivity contribution is -0.119. The van der Waals surface area contributed by atoms with Crippen LogP contribution in [0.2, 0.25) is 0 Å². The maximum Gasteiger partial charge on any atom is 0.223 e. The molecule has 0 rings (SSSR count). The molecule has 0 aromatic heterocycles. The Morgan fingerprint density at radius 2 is 2.27 bits per heavy atom. The fraction of sp³-hybridized carbons (Fsp3) is 0.833. The minimum atomic E-state index is -0.481. The molecule has 5 unspecified atom stereocenters. The average molecular weight is 306 g/mol. The van der Waals surface area contributed by atoms with Gasteiger partial charge in [-0.2, -0.15) is 0 Å². The molecule has 0 fully saturated rings. The van der Waals surface area contributed by atoms with E-state index in [4.69, 9.17) is 4.52 Å². The first-order chi connectivity index (χ1) is 7.10. The van der Waals surface area contributed by atoms with Crippen LogP contribution in [0.3, 0.4) is 0 Å². The van der Waals surface area contributed by atoms with Crippen molar-refractivity contribution >= 4 is 48.6 Å². The smallest absolute Gasteiger partial charge is 0.223 e. The van der Waals surface area contributed by atoms with Crippen molar-refractivity contribution in [3.8, 4) is 0 Å². The monoisotopic (exact) mass is 306 g/mol. The van der Waals surface area contributed by atoms with Crippen LogP contribution in [0.5, 0.6) is 0 Å². The highest BCUT2D eigenvalue weighted by atomic mass is 32.4. The molecule has 0 saturated heterocycles. The van der Waals surface area contributed by atoms with E-state index in [2.05, 4.69) is 37.2 Å². The van der Waals surface area contributed by atoms with Crippen LogP contribution in [0.1, 0.15) is 12.8 Å². The molecule has 0 aliphatic carbocycles. The van der Waals surface area contributed by atoms with Crippen LogP contribution in [0.15, 0.2) is 0 Å². The number of nitrogens with one attached hydrogen (secondary N) is 2. The molecule has 0 aromatic rings. The molecule has 0 radical (unpaired) electrons. The number of hydrogen-bond acceptors (Lipinski definition) is 3. The van der Waals surface area contributed by atoms with Gasteiger partial charge in [0.25, 0.3) is 0 Å². The first-order valence-electron chi connectivity index (χ1n) is 4.44. The summed E-state index contributed by atoms with van der Waals surface area (Å²) in [5.74, 6) is 0.0996. The van der Waals surface area contributed by atoms with Gasteiger partial charge in [0, 0.05) is 12.5 Å². The fourth-order valence-electron chi connectivity index (χ4n) is 0.935. The second-order valence-corrected chi connectivity index (χ2v) is 10.1. The van der Waals surface area contributed by atoms with Gasteiger partial charge in [0.2, 0.25) is 5.91 Å². The van der Waals surface area contributed by atoms with Crippen molar-refractivity contribution < 1.29 is 9.32 Å². The van der Waals surface area contributed by atoms with E-state index >= 15 is 0 Å². The van der Waals surface area contributed by atoms with Crippen molar-refractivity contribution in [1.29, 1.82) is 0 Å². The van der Waals surface area contributed by atoms with Gasteiger partial charge in [-0.15, -0.1) is 0 Å². The minimum absolute atomic E-state index is 0.0996. The molecule has 9 heteroatoms. The summed E-state index contributed by atoms with van der Waals surface area (Å²) in [4.78, 5) is 11.2. The molecule has 90 valence electrons. The molecular weight excluding hydrogens is 287 g/mol. The van der Waals surface area contributed by atoms with Crippen molar-refractivity contribution in [2.24, 2.45) is 0 Å². The largest absolute Gasteiger partial charge is 0.350 e. The Morgan fingerprint density at radius 3 is 2.73 bits per heavy atom. The van der Waals surface area contributed by atoms with Gasteiger partial charge >= 0.3 is 0 Å². The Kier molecular flexibility index (Phi) is 11.8. The number of carbonyl (C=O) groups is 1. The van der Waals surface area contributed by atoms with Crippen molar-refractivity contribution in [1.82, 2.24) is 10.4 Å². The zero-order valence-electron chi connectivity index (χ0n) is 8.69. The van der Waals surface area contributed by atoms with Gasteiger partial charge < -0.3 is 14.9 Å². The average Bonchev–Trinajstić information content (AvgIpc) is 2.18. The highest BCUT2D eigenvalue weighted by molar-refractivity contribution is 8.41. The van der Waals surface area contributed by atoms with E-state index in [0.29, 0.717) is 21.4 Å². The normalized spacial score (nSPS) is 13.7. The number of amides is 1. The van der Waals surface area contributed by atoms with Crippen LogP contribution in [-0.4, -0.2) is 25.6 Å². The first kappa shape index (κ1) is 16.5. The maximum atomic E-state index is 11.2. The quantitative estimate of drug-likeness (QED) is 0.673. The van der Waals surface area contributed by atoms with Gasteiger partial charge in [-0.1, -0.05) is 26.8 Å². The predicted octanol–water partition coefficient (Wildman–Crippen LogP) is 1.85. The molecule has 1 amide bonds. The SMILES string of the molecule is CNC(CCC(=O)NPP)COP(P)P. The van der Waals surface area contributed by atoms with Gasteiger partial charge in [0.05, 0.1) is 14.1 Å². The minimum Gasteiger partial charge on any atom is -0.350 e. The van der Waals surface area contributed by atoms with Gasteiger partial charge in [-0.05, 0) is 21.9 Å². The van der Waals surface area contributed by atoms with E-state index in [1.807, 2.05) is 7.05 Å². The van der Waals surface area contributed by atoms with Crippen LogP contribution in [-0.2, 0) is 9.32 Å². The Bertz CT molecular complexity index is 183. The van der Waals surface area contributed by atoms with E-state index < -0.39 is 7.53 Å². The maximum absolute atomic E-state index is 11.2. The van der Waals surface area contributed by atoms with Crippen LogP contribution >= 0.6 is 42.7 Å². The third kappa shape index (κ3) is 10.4.